The van der Waals surface area contributed by atoms with Gasteiger partial charge in [0.25, 0.3) is 11.8 Å². The van der Waals surface area contributed by atoms with E-state index in [4.69, 9.17) is 9.47 Å². The van der Waals surface area contributed by atoms with Crippen molar-refractivity contribution in [2.24, 2.45) is 0 Å². The highest BCUT2D eigenvalue weighted by Gasteiger charge is 2.14. The Hall–Kier alpha value is -3.80. The predicted octanol–water partition coefficient (Wildman–Crippen LogP) is 4.42. The van der Waals surface area contributed by atoms with Crippen LogP contribution in [0.4, 0.5) is 5.69 Å². The zero-order chi connectivity index (χ0) is 22.1. The van der Waals surface area contributed by atoms with E-state index < -0.39 is 0 Å². The van der Waals surface area contributed by atoms with Crippen molar-refractivity contribution >= 4 is 17.5 Å². The van der Waals surface area contributed by atoms with Gasteiger partial charge in [-0.2, -0.15) is 0 Å². The number of carbonyl (C=O) groups excluding carboxylic acids is 2. The van der Waals surface area contributed by atoms with E-state index in [0.29, 0.717) is 29.4 Å². The van der Waals surface area contributed by atoms with Crippen LogP contribution in [0, 0.1) is 0 Å². The zero-order valence-corrected chi connectivity index (χ0v) is 17.6. The quantitative estimate of drug-likeness (QED) is 0.539. The van der Waals surface area contributed by atoms with E-state index in [9.17, 15) is 9.59 Å². The lowest BCUT2D eigenvalue weighted by Gasteiger charge is -2.14. The van der Waals surface area contributed by atoms with Gasteiger partial charge in [0, 0.05) is 6.04 Å². The maximum atomic E-state index is 12.5. The fraction of sp³-hybridized carbons (Fsp3) is 0.200. The molecule has 160 valence electrons. The second-order valence-electron chi connectivity index (χ2n) is 7.23. The lowest BCUT2D eigenvalue weighted by Crippen LogP contribution is -2.31. The van der Waals surface area contributed by atoms with Gasteiger partial charge in [-0.3, -0.25) is 9.59 Å². The van der Waals surface area contributed by atoms with Crippen LogP contribution in [0.5, 0.6) is 11.5 Å². The highest BCUT2D eigenvalue weighted by atomic mass is 16.5. The van der Waals surface area contributed by atoms with Crippen molar-refractivity contribution in [2.45, 2.75) is 26.5 Å². The summed E-state index contributed by atoms with van der Waals surface area (Å²) in [5.74, 6) is 0.407. The molecule has 0 aromatic heterocycles. The Morgan fingerprint density at radius 1 is 0.806 bits per heavy atom. The lowest BCUT2D eigenvalue weighted by atomic mass is 10.1. The summed E-state index contributed by atoms with van der Waals surface area (Å²) >= 11 is 0. The Labute approximate surface area is 182 Å². The molecule has 0 fully saturated rings. The van der Waals surface area contributed by atoms with Gasteiger partial charge < -0.3 is 20.1 Å². The largest absolute Gasteiger partial charge is 0.485 e. The molecule has 6 heteroatoms. The van der Waals surface area contributed by atoms with Crippen LogP contribution in [0.2, 0.25) is 0 Å². The number of hydrogen-bond acceptors (Lipinski definition) is 4. The summed E-state index contributed by atoms with van der Waals surface area (Å²) in [5, 5.41) is 5.57. The maximum Gasteiger partial charge on any atom is 0.262 e. The van der Waals surface area contributed by atoms with Crippen LogP contribution in [0.3, 0.4) is 0 Å². The van der Waals surface area contributed by atoms with Crippen molar-refractivity contribution in [3.8, 4) is 11.5 Å². The van der Waals surface area contributed by atoms with Crippen molar-refractivity contribution < 1.29 is 19.1 Å². The molecule has 0 aliphatic heterocycles. The van der Waals surface area contributed by atoms with Gasteiger partial charge in [-0.05, 0) is 43.7 Å². The van der Waals surface area contributed by atoms with Crippen LogP contribution in [-0.4, -0.2) is 24.5 Å². The Bertz CT molecular complexity index is 1020. The van der Waals surface area contributed by atoms with E-state index in [1.54, 1.807) is 36.4 Å². The summed E-state index contributed by atoms with van der Waals surface area (Å²) in [7, 11) is 0. The molecule has 0 radical (unpaired) electrons. The molecule has 2 N–H and O–H groups in total. The average Bonchev–Trinajstić information content (AvgIpc) is 2.77. The molecule has 3 rings (SSSR count). The molecule has 31 heavy (non-hydrogen) atoms. The molecule has 3 aromatic rings. The molecule has 0 atom stereocenters. The highest BCUT2D eigenvalue weighted by molar-refractivity contribution is 6.04. The van der Waals surface area contributed by atoms with E-state index >= 15 is 0 Å². The molecule has 0 heterocycles. The summed E-state index contributed by atoms with van der Waals surface area (Å²) < 4.78 is 11.5. The molecular weight excluding hydrogens is 392 g/mol. The number of ether oxygens (including phenoxy) is 2. The van der Waals surface area contributed by atoms with Gasteiger partial charge in [0.2, 0.25) is 0 Å². The van der Waals surface area contributed by atoms with Gasteiger partial charge in [0.1, 0.15) is 6.61 Å². The van der Waals surface area contributed by atoms with Gasteiger partial charge >= 0.3 is 0 Å². The van der Waals surface area contributed by atoms with Crippen LogP contribution in [0.1, 0.15) is 29.8 Å². The van der Waals surface area contributed by atoms with E-state index in [1.807, 2.05) is 56.3 Å². The number of carbonyl (C=O) groups is 2. The molecule has 2 amide bonds. The molecule has 0 unspecified atom stereocenters. The van der Waals surface area contributed by atoms with Crippen LogP contribution in [-0.2, 0) is 11.4 Å². The Morgan fingerprint density at radius 2 is 1.42 bits per heavy atom. The number of para-hydroxylation sites is 3. The van der Waals surface area contributed by atoms with Crippen molar-refractivity contribution in [3.05, 3.63) is 90.0 Å². The summed E-state index contributed by atoms with van der Waals surface area (Å²) in [6, 6.07) is 23.9. The number of hydrogen-bond donors (Lipinski definition) is 2. The van der Waals surface area contributed by atoms with Crippen molar-refractivity contribution in [1.82, 2.24) is 5.32 Å². The highest BCUT2D eigenvalue weighted by Crippen LogP contribution is 2.27. The monoisotopic (exact) mass is 418 g/mol. The number of benzene rings is 3. The fourth-order valence-corrected chi connectivity index (χ4v) is 2.88. The molecular formula is C25H26N2O4. The first-order chi connectivity index (χ1) is 15.0. The third-order valence-electron chi connectivity index (χ3n) is 4.31. The molecule has 0 spiro atoms. The van der Waals surface area contributed by atoms with Crippen molar-refractivity contribution in [3.63, 3.8) is 0 Å². The predicted molar refractivity (Wildman–Crippen MR) is 120 cm³/mol. The smallest absolute Gasteiger partial charge is 0.262 e. The van der Waals surface area contributed by atoms with Gasteiger partial charge in [-0.25, -0.2) is 0 Å². The summed E-state index contributed by atoms with van der Waals surface area (Å²) in [5.41, 5.74) is 1.87. The third-order valence-corrected chi connectivity index (χ3v) is 4.31. The van der Waals surface area contributed by atoms with E-state index in [0.717, 1.165) is 5.56 Å². The Kier molecular flexibility index (Phi) is 7.65. The van der Waals surface area contributed by atoms with Crippen LogP contribution < -0.4 is 20.1 Å². The van der Waals surface area contributed by atoms with E-state index in [-0.39, 0.29) is 24.5 Å². The lowest BCUT2D eigenvalue weighted by molar-refractivity contribution is -0.118. The number of rotatable bonds is 9. The second kappa shape index (κ2) is 10.8. The molecule has 0 saturated carbocycles. The fourth-order valence-electron chi connectivity index (χ4n) is 2.88. The van der Waals surface area contributed by atoms with Crippen LogP contribution in [0.25, 0.3) is 0 Å². The first-order valence-corrected chi connectivity index (χ1v) is 10.1. The molecule has 6 nitrogen and oxygen atoms in total. The first-order valence-electron chi connectivity index (χ1n) is 10.1. The van der Waals surface area contributed by atoms with Crippen LogP contribution in [0.15, 0.2) is 78.9 Å². The average molecular weight is 418 g/mol. The molecule has 0 aliphatic rings. The van der Waals surface area contributed by atoms with Crippen LogP contribution >= 0.6 is 0 Å². The van der Waals surface area contributed by atoms with Gasteiger partial charge in [0.05, 0.1) is 11.3 Å². The zero-order valence-electron chi connectivity index (χ0n) is 17.6. The standard InChI is InChI=1S/C25H26N2O4/c1-18(2)26-25(29)20-12-6-7-13-21(20)27-24(28)17-31-23-15-9-8-14-22(23)30-16-19-10-4-3-5-11-19/h3-15,18H,16-17H2,1-2H3,(H,26,29)(H,27,28). The maximum absolute atomic E-state index is 12.5. The summed E-state index contributed by atoms with van der Waals surface area (Å²) in [6.07, 6.45) is 0. The van der Waals surface area contributed by atoms with Crippen molar-refractivity contribution in [2.75, 3.05) is 11.9 Å². The number of amides is 2. The third kappa shape index (κ3) is 6.60. The van der Waals surface area contributed by atoms with E-state index in [2.05, 4.69) is 10.6 Å². The Balaban J connectivity index is 1.60. The summed E-state index contributed by atoms with van der Waals surface area (Å²) in [6.45, 7) is 3.94. The van der Waals surface area contributed by atoms with Gasteiger partial charge in [-0.15, -0.1) is 0 Å². The Morgan fingerprint density at radius 3 is 2.13 bits per heavy atom. The second-order valence-corrected chi connectivity index (χ2v) is 7.23. The minimum atomic E-state index is -0.373. The molecule has 0 saturated heterocycles. The first kappa shape index (κ1) is 21.9. The van der Waals surface area contributed by atoms with Gasteiger partial charge in [0.15, 0.2) is 18.1 Å². The SMILES string of the molecule is CC(C)NC(=O)c1ccccc1NC(=O)COc1ccccc1OCc1ccccc1. The number of anilines is 1. The van der Waals surface area contributed by atoms with E-state index in [1.165, 1.54) is 0 Å². The van der Waals surface area contributed by atoms with Gasteiger partial charge in [-0.1, -0.05) is 54.6 Å². The number of nitrogens with one attached hydrogen (secondary N) is 2. The minimum absolute atomic E-state index is 0.00743. The van der Waals surface area contributed by atoms with Crippen molar-refractivity contribution in [1.29, 1.82) is 0 Å². The topological polar surface area (TPSA) is 76.7 Å². The molecule has 0 aliphatic carbocycles. The molecule has 0 bridgehead atoms. The minimum Gasteiger partial charge on any atom is -0.485 e. The summed E-state index contributed by atoms with van der Waals surface area (Å²) in [4.78, 5) is 24.8. The molecule has 3 aromatic carbocycles. The normalized spacial score (nSPS) is 10.4.